The van der Waals surface area contributed by atoms with Crippen molar-refractivity contribution in [2.24, 2.45) is 5.92 Å². The minimum absolute atomic E-state index is 0.820. The van der Waals surface area contributed by atoms with Crippen LogP contribution in [0.3, 0.4) is 0 Å². The van der Waals surface area contributed by atoms with E-state index in [1.54, 1.807) is 5.57 Å². The van der Waals surface area contributed by atoms with Gasteiger partial charge in [0.25, 0.3) is 0 Å². The van der Waals surface area contributed by atoms with Crippen LogP contribution in [0, 0.1) is 5.92 Å². The Morgan fingerprint density at radius 1 is 0.684 bits per heavy atom. The van der Waals surface area contributed by atoms with Crippen molar-refractivity contribution < 1.29 is 0 Å². The van der Waals surface area contributed by atoms with E-state index >= 15 is 0 Å². The number of allylic oxidation sites excluding steroid dienone is 1. The Labute approximate surface area is 123 Å². The molecule has 0 rings (SSSR count). The lowest BCUT2D eigenvalue weighted by molar-refractivity contribution is 0.443. The van der Waals surface area contributed by atoms with Crippen LogP contribution in [0.5, 0.6) is 0 Å². The third kappa shape index (κ3) is 11.3. The molecular weight excluding hydrogens is 228 g/mol. The smallest absolute Gasteiger partial charge is 0.0206 e. The molecule has 0 unspecified atom stereocenters. The van der Waals surface area contributed by atoms with Gasteiger partial charge in [-0.15, -0.1) is 0 Å². The van der Waals surface area contributed by atoms with Gasteiger partial charge in [0.05, 0.1) is 0 Å². The van der Waals surface area contributed by atoms with E-state index in [0.717, 1.165) is 5.92 Å². The summed E-state index contributed by atoms with van der Waals surface area (Å²) < 4.78 is 0. The van der Waals surface area contributed by atoms with Crippen LogP contribution in [0.1, 0.15) is 104 Å². The monoisotopic (exact) mass is 266 g/mol. The zero-order valence-corrected chi connectivity index (χ0v) is 14.0. The Morgan fingerprint density at radius 3 is 1.58 bits per heavy atom. The van der Waals surface area contributed by atoms with Gasteiger partial charge in [-0.25, -0.2) is 0 Å². The summed E-state index contributed by atoms with van der Waals surface area (Å²) in [6.45, 7) is 11.3. The zero-order valence-electron chi connectivity index (χ0n) is 14.0. The van der Waals surface area contributed by atoms with Crippen molar-refractivity contribution >= 4 is 0 Å². The van der Waals surface area contributed by atoms with Crippen molar-refractivity contribution in [1.82, 2.24) is 0 Å². The Bertz CT molecular complexity index is 180. The molecule has 114 valence electrons. The molecule has 0 aromatic carbocycles. The molecule has 0 heterocycles. The maximum Gasteiger partial charge on any atom is -0.0206 e. The van der Waals surface area contributed by atoms with Gasteiger partial charge >= 0.3 is 0 Å². The number of unbranched alkanes of at least 4 members (excludes halogenated alkanes) is 7. The lowest BCUT2D eigenvalue weighted by Gasteiger charge is -2.20. The van der Waals surface area contributed by atoms with Crippen LogP contribution >= 0.6 is 0 Å². The van der Waals surface area contributed by atoms with Gasteiger partial charge in [0.2, 0.25) is 0 Å². The first kappa shape index (κ1) is 18.7. The summed E-state index contributed by atoms with van der Waals surface area (Å²) in [6.07, 6.45) is 17.9. The van der Waals surface area contributed by atoms with Crippen LogP contribution in [0.4, 0.5) is 0 Å². The molecule has 0 fully saturated rings. The van der Waals surface area contributed by atoms with E-state index < -0.39 is 0 Å². The number of rotatable bonds is 14. The maximum absolute atomic E-state index is 4.39. The highest BCUT2D eigenvalue weighted by Gasteiger charge is 2.11. The molecule has 0 heteroatoms. The van der Waals surface area contributed by atoms with Crippen molar-refractivity contribution in [3.05, 3.63) is 12.2 Å². The number of hydrogen-bond donors (Lipinski definition) is 0. The van der Waals surface area contributed by atoms with Crippen LogP contribution in [-0.4, -0.2) is 0 Å². The molecule has 0 saturated carbocycles. The molecule has 0 saturated heterocycles. The van der Waals surface area contributed by atoms with E-state index in [9.17, 15) is 0 Å². The lowest BCUT2D eigenvalue weighted by atomic mass is 9.86. The molecule has 0 spiro atoms. The summed E-state index contributed by atoms with van der Waals surface area (Å²) in [5.41, 5.74) is 1.55. The average Bonchev–Trinajstić information content (AvgIpc) is 2.43. The molecule has 0 aliphatic heterocycles. The topological polar surface area (TPSA) is 0 Å². The van der Waals surface area contributed by atoms with Crippen LogP contribution in [0.2, 0.25) is 0 Å². The van der Waals surface area contributed by atoms with E-state index in [0.29, 0.717) is 0 Å². The van der Waals surface area contributed by atoms with Crippen molar-refractivity contribution in [2.45, 2.75) is 104 Å². The average molecular weight is 267 g/mol. The molecular formula is C19H38. The third-order valence-electron chi connectivity index (χ3n) is 4.24. The highest BCUT2D eigenvalue weighted by atomic mass is 14.2. The van der Waals surface area contributed by atoms with Crippen molar-refractivity contribution in [1.29, 1.82) is 0 Å². The van der Waals surface area contributed by atoms with E-state index in [-0.39, 0.29) is 0 Å². The van der Waals surface area contributed by atoms with Gasteiger partial charge in [0.15, 0.2) is 0 Å². The molecule has 0 aliphatic carbocycles. The minimum Gasteiger partial charge on any atom is -0.0996 e. The maximum atomic E-state index is 4.39. The SMILES string of the molecule is C=C(CCCC)C(CCCCCC)CCCCCC. The van der Waals surface area contributed by atoms with E-state index in [2.05, 4.69) is 27.4 Å². The fourth-order valence-electron chi connectivity index (χ4n) is 2.80. The Balaban J connectivity index is 3.94. The van der Waals surface area contributed by atoms with Gasteiger partial charge in [0.1, 0.15) is 0 Å². The first-order valence-electron chi connectivity index (χ1n) is 8.93. The molecule has 19 heavy (non-hydrogen) atoms. The van der Waals surface area contributed by atoms with E-state index in [1.165, 1.54) is 83.5 Å². The Morgan fingerprint density at radius 2 is 1.16 bits per heavy atom. The Kier molecular flexibility index (Phi) is 14.0. The lowest BCUT2D eigenvalue weighted by Crippen LogP contribution is -2.04. The molecule has 0 nitrogen and oxygen atoms in total. The second kappa shape index (κ2) is 14.2. The quantitative estimate of drug-likeness (QED) is 0.229. The molecule has 0 aromatic heterocycles. The molecule has 0 N–H and O–H groups in total. The highest BCUT2D eigenvalue weighted by Crippen LogP contribution is 2.27. The van der Waals surface area contributed by atoms with Gasteiger partial charge in [-0.3, -0.25) is 0 Å². The second-order valence-corrected chi connectivity index (χ2v) is 6.16. The molecule has 0 aromatic rings. The highest BCUT2D eigenvalue weighted by molar-refractivity contribution is 5.00. The van der Waals surface area contributed by atoms with Crippen molar-refractivity contribution in [2.75, 3.05) is 0 Å². The molecule has 0 atom stereocenters. The number of hydrogen-bond acceptors (Lipinski definition) is 0. The summed E-state index contributed by atoms with van der Waals surface area (Å²) in [5.74, 6) is 0.820. The molecule has 0 bridgehead atoms. The summed E-state index contributed by atoms with van der Waals surface area (Å²) in [7, 11) is 0. The minimum atomic E-state index is 0.820. The third-order valence-corrected chi connectivity index (χ3v) is 4.24. The summed E-state index contributed by atoms with van der Waals surface area (Å²) in [4.78, 5) is 0. The summed E-state index contributed by atoms with van der Waals surface area (Å²) in [6, 6.07) is 0. The van der Waals surface area contributed by atoms with Crippen LogP contribution in [0.25, 0.3) is 0 Å². The van der Waals surface area contributed by atoms with Gasteiger partial charge in [0, 0.05) is 0 Å². The normalized spacial score (nSPS) is 11.2. The van der Waals surface area contributed by atoms with Crippen molar-refractivity contribution in [3.63, 3.8) is 0 Å². The van der Waals surface area contributed by atoms with Gasteiger partial charge < -0.3 is 0 Å². The largest absolute Gasteiger partial charge is 0.0996 e. The summed E-state index contributed by atoms with van der Waals surface area (Å²) >= 11 is 0. The van der Waals surface area contributed by atoms with E-state index in [4.69, 9.17) is 0 Å². The van der Waals surface area contributed by atoms with Crippen LogP contribution < -0.4 is 0 Å². The summed E-state index contributed by atoms with van der Waals surface area (Å²) in [5, 5.41) is 0. The first-order chi connectivity index (χ1) is 9.26. The predicted octanol–water partition coefficient (Wildman–Crippen LogP) is 7.29. The fourth-order valence-corrected chi connectivity index (χ4v) is 2.80. The van der Waals surface area contributed by atoms with Crippen molar-refractivity contribution in [3.8, 4) is 0 Å². The van der Waals surface area contributed by atoms with Gasteiger partial charge in [-0.1, -0.05) is 90.7 Å². The predicted molar refractivity (Wildman–Crippen MR) is 89.7 cm³/mol. The first-order valence-corrected chi connectivity index (χ1v) is 8.93. The standard InChI is InChI=1S/C19H38/c1-5-8-11-13-16-19(17-14-12-9-6-2)18(4)15-10-7-3/h19H,4-17H2,1-3H3. The molecule has 0 aliphatic rings. The Hall–Kier alpha value is -0.260. The van der Waals surface area contributed by atoms with Gasteiger partial charge in [-0.05, 0) is 31.6 Å². The molecule has 0 radical (unpaired) electrons. The second-order valence-electron chi connectivity index (χ2n) is 6.16. The van der Waals surface area contributed by atoms with Gasteiger partial charge in [-0.2, -0.15) is 0 Å². The van der Waals surface area contributed by atoms with E-state index in [1.807, 2.05) is 0 Å². The van der Waals surface area contributed by atoms with Crippen LogP contribution in [-0.2, 0) is 0 Å². The van der Waals surface area contributed by atoms with Crippen LogP contribution in [0.15, 0.2) is 12.2 Å². The zero-order chi connectivity index (χ0) is 14.3. The fraction of sp³-hybridized carbons (Fsp3) is 0.895. The molecule has 0 amide bonds.